The second-order valence-electron chi connectivity index (χ2n) is 8.29. The Morgan fingerprint density at radius 2 is 1.54 bits per heavy atom. The van der Waals surface area contributed by atoms with E-state index in [-0.39, 0.29) is 25.7 Å². The first-order valence-electron chi connectivity index (χ1n) is 11.4. The molecule has 1 heterocycles. The number of primary amides is 1. The van der Waals surface area contributed by atoms with Gasteiger partial charge >= 0.3 is 5.97 Å². The number of nitrogens with two attached hydrogens (primary N) is 2. The van der Waals surface area contributed by atoms with Gasteiger partial charge in [0, 0.05) is 31.2 Å². The van der Waals surface area contributed by atoms with Crippen molar-refractivity contribution in [3.05, 3.63) is 54.1 Å². The van der Waals surface area contributed by atoms with Crippen LogP contribution in [-0.4, -0.2) is 80.6 Å². The van der Waals surface area contributed by atoms with Gasteiger partial charge in [-0.3, -0.25) is 19.2 Å². The van der Waals surface area contributed by atoms with Gasteiger partial charge in [-0.05, 0) is 12.0 Å². The molecule has 0 aliphatic heterocycles. The Kier molecular flexibility index (Phi) is 11.2. The molecule has 1 aromatic carbocycles. The van der Waals surface area contributed by atoms with Crippen LogP contribution in [0.3, 0.4) is 0 Å². The summed E-state index contributed by atoms with van der Waals surface area (Å²) >= 11 is 0. The Morgan fingerprint density at radius 3 is 2.11 bits per heavy atom. The normalized spacial score (nSPS) is 14.0. The quantitative estimate of drug-likeness (QED) is 0.122. The third-order valence-corrected chi connectivity index (χ3v) is 5.35. The highest BCUT2D eigenvalue weighted by molar-refractivity contribution is 5.94. The number of aliphatic carboxylic acids is 1. The molecule has 37 heavy (non-hydrogen) atoms. The van der Waals surface area contributed by atoms with Gasteiger partial charge in [-0.2, -0.15) is 0 Å². The molecule has 0 saturated carbocycles. The average Bonchev–Trinajstić information content (AvgIpc) is 3.38. The van der Waals surface area contributed by atoms with Crippen LogP contribution in [0.2, 0.25) is 0 Å². The van der Waals surface area contributed by atoms with Gasteiger partial charge in [0.25, 0.3) is 0 Å². The van der Waals surface area contributed by atoms with Crippen molar-refractivity contribution >= 4 is 29.6 Å². The van der Waals surface area contributed by atoms with Crippen molar-refractivity contribution in [2.75, 3.05) is 6.61 Å². The molecule has 4 amide bonds. The molecule has 10 N–H and O–H groups in total. The van der Waals surface area contributed by atoms with Crippen molar-refractivity contribution in [1.29, 1.82) is 0 Å². The van der Waals surface area contributed by atoms with Gasteiger partial charge in [0.15, 0.2) is 0 Å². The number of hydrogen-bond acceptors (Lipinski definition) is 8. The number of nitrogens with zero attached hydrogens (tertiary/aromatic N) is 1. The van der Waals surface area contributed by atoms with E-state index in [9.17, 15) is 29.1 Å². The fourth-order valence-corrected chi connectivity index (χ4v) is 3.34. The van der Waals surface area contributed by atoms with Crippen LogP contribution in [-0.2, 0) is 36.8 Å². The number of carbonyl (C=O) groups excluding carboxylic acids is 4. The molecular formula is C23H31N7O7. The number of carboxylic acid groups (broad SMARTS) is 1. The van der Waals surface area contributed by atoms with Crippen molar-refractivity contribution in [2.24, 2.45) is 11.5 Å². The predicted molar refractivity (Wildman–Crippen MR) is 129 cm³/mol. The lowest BCUT2D eigenvalue weighted by Gasteiger charge is -2.25. The zero-order valence-electron chi connectivity index (χ0n) is 19.9. The van der Waals surface area contributed by atoms with E-state index >= 15 is 0 Å². The van der Waals surface area contributed by atoms with E-state index < -0.39 is 60.4 Å². The number of aromatic nitrogens is 2. The van der Waals surface area contributed by atoms with E-state index in [1.54, 1.807) is 30.3 Å². The standard InChI is InChI=1S/C23H31N7O7/c24-15(11-31)20(33)28-16(6-7-19(25)32)21(34)29-17(9-14-10-26-12-27-14)22(35)30-18(23(36)37)8-13-4-2-1-3-5-13/h1-5,10,12,15-18,31H,6-9,11,24H2,(H2,25,32)(H,26,27)(H,28,33)(H,29,34)(H,30,35)(H,36,37). The van der Waals surface area contributed by atoms with Gasteiger partial charge in [-0.1, -0.05) is 30.3 Å². The van der Waals surface area contributed by atoms with Crippen LogP contribution in [0.25, 0.3) is 0 Å². The predicted octanol–water partition coefficient (Wildman–Crippen LogP) is -2.68. The summed E-state index contributed by atoms with van der Waals surface area (Å²) in [5.41, 5.74) is 11.8. The molecule has 0 fully saturated rings. The van der Waals surface area contributed by atoms with Crippen molar-refractivity contribution in [2.45, 2.75) is 49.9 Å². The number of nitrogens with one attached hydrogen (secondary N) is 4. The molecule has 14 heteroatoms. The fourth-order valence-electron chi connectivity index (χ4n) is 3.34. The Labute approximate surface area is 212 Å². The van der Waals surface area contributed by atoms with Crippen LogP contribution in [0.1, 0.15) is 24.1 Å². The number of aliphatic hydroxyl groups excluding tert-OH is 1. The van der Waals surface area contributed by atoms with Gasteiger partial charge in [-0.25, -0.2) is 9.78 Å². The second-order valence-corrected chi connectivity index (χ2v) is 8.29. The van der Waals surface area contributed by atoms with E-state index in [1.807, 2.05) is 0 Å². The minimum absolute atomic E-state index is 0.00296. The lowest BCUT2D eigenvalue weighted by molar-refractivity contribution is -0.142. The Hall–Kier alpha value is -4.30. The summed E-state index contributed by atoms with van der Waals surface area (Å²) in [6.07, 6.45) is 2.26. The summed E-state index contributed by atoms with van der Waals surface area (Å²) in [7, 11) is 0. The molecule has 0 saturated heterocycles. The van der Waals surface area contributed by atoms with Crippen LogP contribution in [0, 0.1) is 0 Å². The smallest absolute Gasteiger partial charge is 0.326 e. The number of rotatable bonds is 15. The molecular weight excluding hydrogens is 486 g/mol. The molecule has 0 bridgehead atoms. The lowest BCUT2D eigenvalue weighted by Crippen LogP contribution is -2.58. The first-order chi connectivity index (χ1) is 17.6. The van der Waals surface area contributed by atoms with E-state index in [0.717, 1.165) is 0 Å². The second kappa shape index (κ2) is 14.3. The van der Waals surface area contributed by atoms with Gasteiger partial charge in [0.2, 0.25) is 23.6 Å². The van der Waals surface area contributed by atoms with Gasteiger partial charge in [-0.15, -0.1) is 0 Å². The average molecular weight is 518 g/mol. The number of H-pyrrole nitrogens is 1. The van der Waals surface area contributed by atoms with Crippen molar-refractivity contribution in [3.63, 3.8) is 0 Å². The molecule has 4 atom stereocenters. The maximum atomic E-state index is 13.1. The summed E-state index contributed by atoms with van der Waals surface area (Å²) in [4.78, 5) is 68.1. The highest BCUT2D eigenvalue weighted by atomic mass is 16.4. The number of aliphatic hydroxyl groups is 1. The summed E-state index contributed by atoms with van der Waals surface area (Å²) in [5.74, 6) is -4.48. The number of carbonyl (C=O) groups is 5. The minimum Gasteiger partial charge on any atom is -0.480 e. The molecule has 200 valence electrons. The van der Waals surface area contributed by atoms with Crippen LogP contribution in [0.4, 0.5) is 0 Å². The molecule has 0 aliphatic rings. The number of imidazole rings is 1. The van der Waals surface area contributed by atoms with Gasteiger partial charge in [0.1, 0.15) is 24.2 Å². The molecule has 2 rings (SSSR count). The number of benzene rings is 1. The SMILES string of the molecule is NC(=O)CCC(NC(=O)C(N)CO)C(=O)NC(Cc1cnc[nH]1)C(=O)NC(Cc1ccccc1)C(=O)O. The monoisotopic (exact) mass is 517 g/mol. The van der Waals surface area contributed by atoms with E-state index in [2.05, 4.69) is 25.9 Å². The van der Waals surface area contributed by atoms with E-state index in [0.29, 0.717) is 11.3 Å². The number of hydrogen-bond donors (Lipinski definition) is 8. The van der Waals surface area contributed by atoms with E-state index in [4.69, 9.17) is 16.6 Å². The summed E-state index contributed by atoms with van der Waals surface area (Å²) in [6, 6.07) is 3.49. The van der Waals surface area contributed by atoms with Crippen molar-refractivity contribution in [1.82, 2.24) is 25.9 Å². The van der Waals surface area contributed by atoms with Crippen LogP contribution in [0.5, 0.6) is 0 Å². The Balaban J connectivity index is 2.21. The number of aromatic amines is 1. The third-order valence-electron chi connectivity index (χ3n) is 5.35. The van der Waals surface area contributed by atoms with Crippen molar-refractivity contribution < 1.29 is 34.2 Å². The topological polar surface area (TPSA) is 243 Å². The first-order valence-corrected chi connectivity index (χ1v) is 11.4. The highest BCUT2D eigenvalue weighted by Crippen LogP contribution is 2.07. The Morgan fingerprint density at radius 1 is 0.919 bits per heavy atom. The zero-order valence-corrected chi connectivity index (χ0v) is 19.9. The van der Waals surface area contributed by atoms with Gasteiger partial charge in [0.05, 0.1) is 12.9 Å². The lowest BCUT2D eigenvalue weighted by atomic mass is 10.0. The maximum absolute atomic E-state index is 13.1. The van der Waals surface area contributed by atoms with Gasteiger partial charge < -0.3 is 42.6 Å². The van der Waals surface area contributed by atoms with Crippen LogP contribution in [0.15, 0.2) is 42.9 Å². The van der Waals surface area contributed by atoms with Crippen molar-refractivity contribution in [3.8, 4) is 0 Å². The summed E-state index contributed by atoms with van der Waals surface area (Å²) in [5, 5.41) is 26.0. The first kappa shape index (κ1) is 28.9. The summed E-state index contributed by atoms with van der Waals surface area (Å²) < 4.78 is 0. The van der Waals surface area contributed by atoms with E-state index in [1.165, 1.54) is 12.5 Å². The fraction of sp³-hybridized carbons (Fsp3) is 0.391. The maximum Gasteiger partial charge on any atom is 0.326 e. The van der Waals surface area contributed by atoms with Crippen LogP contribution < -0.4 is 27.4 Å². The number of amides is 4. The number of carboxylic acids is 1. The Bertz CT molecular complexity index is 1060. The molecule has 0 aliphatic carbocycles. The molecule has 4 unspecified atom stereocenters. The van der Waals surface area contributed by atoms with Crippen LogP contribution >= 0.6 is 0 Å². The largest absolute Gasteiger partial charge is 0.480 e. The molecule has 0 radical (unpaired) electrons. The zero-order chi connectivity index (χ0) is 27.4. The third kappa shape index (κ3) is 9.70. The highest BCUT2D eigenvalue weighted by Gasteiger charge is 2.31. The molecule has 2 aromatic rings. The molecule has 14 nitrogen and oxygen atoms in total. The molecule has 1 aromatic heterocycles. The molecule has 0 spiro atoms. The summed E-state index contributed by atoms with van der Waals surface area (Å²) in [6.45, 7) is -0.682. The minimum atomic E-state index is -1.32.